The van der Waals surface area contributed by atoms with E-state index in [1.807, 2.05) is 0 Å². The first-order chi connectivity index (χ1) is 17.1. The van der Waals surface area contributed by atoms with E-state index in [2.05, 4.69) is 42.4 Å². The van der Waals surface area contributed by atoms with Crippen molar-refractivity contribution < 1.29 is 28.9 Å². The molecular formula is C22H16Br2N4O8. The number of carbonyl (C=O) groups is 1. The van der Waals surface area contributed by atoms with E-state index in [-0.39, 0.29) is 11.5 Å². The molecule has 0 aliphatic rings. The summed E-state index contributed by atoms with van der Waals surface area (Å²) in [5.74, 6) is 0.407. The van der Waals surface area contributed by atoms with Crippen LogP contribution < -0.4 is 19.6 Å². The largest absolute Gasteiger partial charge is 0.493 e. The topological polar surface area (TPSA) is 155 Å². The summed E-state index contributed by atoms with van der Waals surface area (Å²) in [6.07, 6.45) is 1.38. The fraction of sp³-hybridized carbons (Fsp3) is 0.0909. The molecule has 0 bridgehead atoms. The molecule has 0 radical (unpaired) electrons. The Morgan fingerprint density at radius 3 is 2.14 bits per heavy atom. The Bertz CT molecular complexity index is 1360. The molecule has 0 heterocycles. The van der Waals surface area contributed by atoms with Crippen molar-refractivity contribution in [3.05, 3.63) is 88.8 Å². The third-order valence-corrected chi connectivity index (χ3v) is 5.79. The van der Waals surface area contributed by atoms with Crippen LogP contribution in [0.15, 0.2) is 62.6 Å². The van der Waals surface area contributed by atoms with Crippen LogP contribution in [0.25, 0.3) is 0 Å². The highest BCUT2D eigenvalue weighted by Gasteiger charge is 2.23. The van der Waals surface area contributed by atoms with Gasteiger partial charge in [-0.15, -0.1) is 0 Å². The Kier molecular flexibility index (Phi) is 8.55. The third kappa shape index (κ3) is 6.14. The van der Waals surface area contributed by atoms with Gasteiger partial charge in [-0.25, -0.2) is 5.43 Å². The Morgan fingerprint density at radius 2 is 1.56 bits per heavy atom. The van der Waals surface area contributed by atoms with Gasteiger partial charge in [0.25, 0.3) is 11.6 Å². The van der Waals surface area contributed by atoms with Crippen LogP contribution in [0.4, 0.5) is 11.4 Å². The van der Waals surface area contributed by atoms with E-state index in [1.165, 1.54) is 26.5 Å². The monoisotopic (exact) mass is 622 g/mol. The van der Waals surface area contributed by atoms with Crippen molar-refractivity contribution >= 4 is 55.4 Å². The van der Waals surface area contributed by atoms with Crippen LogP contribution in [0.5, 0.6) is 23.0 Å². The zero-order chi connectivity index (χ0) is 26.4. The predicted octanol–water partition coefficient (Wildman–Crippen LogP) is 5.60. The number of hydrogen-bond donors (Lipinski definition) is 1. The second-order valence-electron chi connectivity index (χ2n) is 6.85. The zero-order valence-corrected chi connectivity index (χ0v) is 21.7. The van der Waals surface area contributed by atoms with Crippen LogP contribution in [0.2, 0.25) is 0 Å². The van der Waals surface area contributed by atoms with Gasteiger partial charge in [0.05, 0.1) is 45.3 Å². The second kappa shape index (κ2) is 11.6. The van der Waals surface area contributed by atoms with Gasteiger partial charge in [0.2, 0.25) is 5.75 Å². The molecule has 0 atom stereocenters. The van der Waals surface area contributed by atoms with Crippen LogP contribution in [-0.2, 0) is 0 Å². The van der Waals surface area contributed by atoms with Crippen molar-refractivity contribution in [2.75, 3.05) is 14.2 Å². The molecule has 3 rings (SSSR count). The lowest BCUT2D eigenvalue weighted by Gasteiger charge is -2.11. The molecule has 0 aromatic heterocycles. The molecule has 36 heavy (non-hydrogen) atoms. The molecule has 0 saturated heterocycles. The first kappa shape index (κ1) is 26.6. The van der Waals surface area contributed by atoms with E-state index >= 15 is 0 Å². The van der Waals surface area contributed by atoms with Gasteiger partial charge in [0.15, 0.2) is 17.2 Å². The van der Waals surface area contributed by atoms with Gasteiger partial charge in [-0.3, -0.25) is 25.0 Å². The highest BCUT2D eigenvalue weighted by Crippen LogP contribution is 2.41. The summed E-state index contributed by atoms with van der Waals surface area (Å²) in [6, 6.07) is 10.9. The van der Waals surface area contributed by atoms with E-state index < -0.39 is 27.1 Å². The number of nitro benzene ring substituents is 2. The number of non-ortho nitro benzene ring substituents is 1. The Hall–Kier alpha value is -4.04. The number of hydrogen-bond acceptors (Lipinski definition) is 9. The van der Waals surface area contributed by atoms with E-state index in [0.29, 0.717) is 31.6 Å². The quantitative estimate of drug-likeness (QED) is 0.183. The maximum absolute atomic E-state index is 12.4. The summed E-state index contributed by atoms with van der Waals surface area (Å²) in [4.78, 5) is 33.2. The molecule has 186 valence electrons. The summed E-state index contributed by atoms with van der Waals surface area (Å²) in [5.41, 5.74) is 2.26. The number of nitrogens with zero attached hydrogens (tertiary/aromatic N) is 3. The van der Waals surface area contributed by atoms with E-state index in [4.69, 9.17) is 14.2 Å². The summed E-state index contributed by atoms with van der Waals surface area (Å²) in [5, 5.41) is 26.2. The molecule has 0 fully saturated rings. The van der Waals surface area contributed by atoms with Gasteiger partial charge in [0, 0.05) is 11.6 Å². The zero-order valence-electron chi connectivity index (χ0n) is 18.6. The standard InChI is InChI=1S/C22H16Br2N4O8/c1-34-19-5-3-13(9-20(19)35-2)22(29)26-25-11-12-7-15(23)21(16(24)8-12)36-18-6-4-14(27(30)31)10-17(18)28(32)33/h3-11H,1-2H3,(H,26,29)/b25-11+. The van der Waals surface area contributed by atoms with Gasteiger partial charge in [-0.2, -0.15) is 5.10 Å². The number of benzene rings is 3. The van der Waals surface area contributed by atoms with E-state index in [1.54, 1.807) is 24.3 Å². The molecule has 0 aliphatic carbocycles. The van der Waals surface area contributed by atoms with Crippen molar-refractivity contribution in [1.82, 2.24) is 5.43 Å². The molecular weight excluding hydrogens is 608 g/mol. The number of carbonyl (C=O) groups excluding carboxylic acids is 1. The van der Waals surface area contributed by atoms with Crippen molar-refractivity contribution in [3.8, 4) is 23.0 Å². The molecule has 1 amide bonds. The highest BCUT2D eigenvalue weighted by atomic mass is 79.9. The van der Waals surface area contributed by atoms with Crippen LogP contribution in [-0.4, -0.2) is 36.2 Å². The van der Waals surface area contributed by atoms with Crippen LogP contribution in [0.1, 0.15) is 15.9 Å². The molecule has 0 unspecified atom stereocenters. The molecule has 0 spiro atoms. The Balaban J connectivity index is 1.77. The van der Waals surface area contributed by atoms with Gasteiger partial charge in [-0.05, 0) is 73.8 Å². The smallest absolute Gasteiger partial charge is 0.318 e. The predicted molar refractivity (Wildman–Crippen MR) is 136 cm³/mol. The van der Waals surface area contributed by atoms with Crippen molar-refractivity contribution in [1.29, 1.82) is 0 Å². The Morgan fingerprint density at radius 1 is 0.917 bits per heavy atom. The lowest BCUT2D eigenvalue weighted by Crippen LogP contribution is -2.17. The van der Waals surface area contributed by atoms with Crippen molar-refractivity contribution in [3.63, 3.8) is 0 Å². The van der Waals surface area contributed by atoms with Gasteiger partial charge in [-0.1, -0.05) is 0 Å². The fourth-order valence-corrected chi connectivity index (χ4v) is 4.30. The molecule has 0 aliphatic heterocycles. The number of nitro groups is 2. The van der Waals surface area contributed by atoms with Gasteiger partial charge < -0.3 is 14.2 Å². The number of hydrazone groups is 1. The number of nitrogens with one attached hydrogen (secondary N) is 1. The average Bonchev–Trinajstić information content (AvgIpc) is 2.85. The van der Waals surface area contributed by atoms with Crippen molar-refractivity contribution in [2.45, 2.75) is 0 Å². The Labute approximate surface area is 220 Å². The van der Waals surface area contributed by atoms with E-state index in [0.717, 1.165) is 18.2 Å². The van der Waals surface area contributed by atoms with Gasteiger partial charge >= 0.3 is 5.69 Å². The lowest BCUT2D eigenvalue weighted by molar-refractivity contribution is -0.394. The lowest BCUT2D eigenvalue weighted by atomic mass is 10.2. The normalized spacial score (nSPS) is 10.7. The minimum Gasteiger partial charge on any atom is -0.493 e. The number of methoxy groups -OCH3 is 2. The van der Waals surface area contributed by atoms with E-state index in [9.17, 15) is 25.0 Å². The molecule has 3 aromatic rings. The van der Waals surface area contributed by atoms with Crippen LogP contribution in [0, 0.1) is 20.2 Å². The van der Waals surface area contributed by atoms with Gasteiger partial charge in [0.1, 0.15) is 0 Å². The maximum atomic E-state index is 12.4. The van der Waals surface area contributed by atoms with Crippen molar-refractivity contribution in [2.24, 2.45) is 5.10 Å². The summed E-state index contributed by atoms with van der Waals surface area (Å²) in [6.45, 7) is 0. The maximum Gasteiger partial charge on any atom is 0.318 e. The molecule has 0 saturated carbocycles. The SMILES string of the molecule is COc1ccc(C(=O)N/N=C/c2cc(Br)c(Oc3ccc([N+](=O)[O-])cc3[N+](=O)[O-])c(Br)c2)cc1OC. The number of ether oxygens (including phenoxy) is 3. The minimum absolute atomic E-state index is 0.185. The molecule has 3 aromatic carbocycles. The summed E-state index contributed by atoms with van der Waals surface area (Å²) < 4.78 is 16.8. The average molecular weight is 624 g/mol. The highest BCUT2D eigenvalue weighted by molar-refractivity contribution is 9.11. The number of amides is 1. The number of halogens is 2. The number of rotatable bonds is 9. The third-order valence-electron chi connectivity index (χ3n) is 4.61. The van der Waals surface area contributed by atoms with Crippen LogP contribution >= 0.6 is 31.9 Å². The molecule has 14 heteroatoms. The molecule has 1 N–H and O–H groups in total. The minimum atomic E-state index is -0.772. The van der Waals surface area contributed by atoms with Crippen LogP contribution in [0.3, 0.4) is 0 Å². The first-order valence-corrected chi connectivity index (χ1v) is 11.4. The summed E-state index contributed by atoms with van der Waals surface area (Å²) >= 11 is 6.67. The fourth-order valence-electron chi connectivity index (χ4n) is 2.92. The molecule has 12 nitrogen and oxygen atoms in total. The second-order valence-corrected chi connectivity index (χ2v) is 8.56. The summed E-state index contributed by atoms with van der Waals surface area (Å²) in [7, 11) is 2.95. The first-order valence-electron chi connectivity index (χ1n) is 9.79.